The molecule has 254 valence electrons. The first-order valence-corrected chi connectivity index (χ1v) is 18.2. The van der Waals surface area contributed by atoms with E-state index in [2.05, 4.69) is 46.1 Å². The molecule has 4 aliphatic rings. The van der Waals surface area contributed by atoms with Crippen LogP contribution in [0.4, 0.5) is 5.69 Å². The summed E-state index contributed by atoms with van der Waals surface area (Å²) in [5, 5.41) is 12.3. The molecule has 3 aliphatic carbocycles. The van der Waals surface area contributed by atoms with E-state index in [1.54, 1.807) is 6.07 Å². The summed E-state index contributed by atoms with van der Waals surface area (Å²) in [7, 11) is 1.42. The van der Waals surface area contributed by atoms with Gasteiger partial charge < -0.3 is 19.5 Å². The van der Waals surface area contributed by atoms with E-state index < -0.39 is 6.10 Å². The summed E-state index contributed by atoms with van der Waals surface area (Å²) >= 11 is 6.44. The average molecular weight is 670 g/mol. The zero-order valence-corrected chi connectivity index (χ0v) is 28.9. The van der Waals surface area contributed by atoms with Crippen molar-refractivity contribution in [2.24, 2.45) is 29.6 Å². The van der Waals surface area contributed by atoms with Gasteiger partial charge >= 0.3 is 5.97 Å². The molecule has 1 spiro atoms. The molecule has 7 atom stereocenters. The van der Waals surface area contributed by atoms with Gasteiger partial charge in [0.25, 0.3) is 0 Å². The highest BCUT2D eigenvalue weighted by Gasteiger charge is 2.44. The maximum atomic E-state index is 12.6. The summed E-state index contributed by atoms with van der Waals surface area (Å²) in [6, 6.07) is 13.8. The summed E-state index contributed by atoms with van der Waals surface area (Å²) in [4.78, 5) is 24.0. The second-order valence-corrected chi connectivity index (χ2v) is 15.2. The minimum atomic E-state index is -0.482. The molecular weight excluding hydrogens is 622 g/mol. The minimum Gasteiger partial charge on any atom is -0.490 e. The lowest BCUT2D eigenvalue weighted by Crippen LogP contribution is -2.49. The predicted molar refractivity (Wildman–Crippen MR) is 189 cm³/mol. The zero-order valence-electron chi connectivity index (χ0n) is 28.2. The number of aryl methyl sites for hydroxylation is 1. The van der Waals surface area contributed by atoms with Crippen LogP contribution in [0.1, 0.15) is 79.2 Å². The molecule has 1 N–H and O–H groups in total. The van der Waals surface area contributed by atoms with Crippen molar-refractivity contribution in [3.63, 3.8) is 0 Å². The molecule has 2 fully saturated rings. The van der Waals surface area contributed by atoms with Crippen LogP contribution < -0.4 is 9.64 Å². The summed E-state index contributed by atoms with van der Waals surface area (Å²) in [6.45, 7) is 4.49. The molecule has 0 saturated heterocycles. The number of halogens is 1. The van der Waals surface area contributed by atoms with Gasteiger partial charge in [0.2, 0.25) is 0 Å². The molecule has 0 unspecified atom stereocenters. The van der Waals surface area contributed by atoms with E-state index in [9.17, 15) is 9.90 Å². The van der Waals surface area contributed by atoms with Crippen molar-refractivity contribution in [1.29, 1.82) is 0 Å². The summed E-state index contributed by atoms with van der Waals surface area (Å²) in [5.41, 5.74) is 3.87. The van der Waals surface area contributed by atoms with Crippen LogP contribution in [0.15, 0.2) is 67.0 Å². The SMILES string of the molecule is COC(=O)c1ccc2c(c1)N(C[C@@H]1CC[C@H]1[C@@H](O)/C=C/[C@@H]1CCC[C@@H](Cc3ncccn3)[C@H]1C)C[C@@]1(CCCc3cc(Cl)ccc31)CO2. The van der Waals surface area contributed by atoms with Crippen LogP contribution in [0.25, 0.3) is 0 Å². The third kappa shape index (κ3) is 6.73. The number of anilines is 1. The van der Waals surface area contributed by atoms with Crippen molar-refractivity contribution in [2.75, 3.05) is 31.7 Å². The highest BCUT2D eigenvalue weighted by atomic mass is 35.5. The summed E-state index contributed by atoms with van der Waals surface area (Å²) < 4.78 is 11.7. The molecule has 48 heavy (non-hydrogen) atoms. The number of allylic oxidation sites excluding steroid dienone is 1. The van der Waals surface area contributed by atoms with Gasteiger partial charge in [-0.15, -0.1) is 0 Å². The number of ether oxygens (including phenoxy) is 2. The largest absolute Gasteiger partial charge is 0.490 e. The van der Waals surface area contributed by atoms with E-state index in [1.807, 2.05) is 36.7 Å². The minimum absolute atomic E-state index is 0.193. The smallest absolute Gasteiger partial charge is 0.337 e. The van der Waals surface area contributed by atoms with Crippen molar-refractivity contribution in [2.45, 2.75) is 76.2 Å². The molecule has 2 aromatic carbocycles. The molecule has 1 aromatic heterocycles. The Morgan fingerprint density at radius 3 is 2.77 bits per heavy atom. The fraction of sp³-hybridized carbons (Fsp3) is 0.525. The van der Waals surface area contributed by atoms with Gasteiger partial charge in [-0.2, -0.15) is 0 Å². The van der Waals surface area contributed by atoms with E-state index in [0.29, 0.717) is 35.8 Å². The number of esters is 1. The maximum Gasteiger partial charge on any atom is 0.337 e. The van der Waals surface area contributed by atoms with E-state index in [4.69, 9.17) is 21.1 Å². The standard InChI is InChI=1S/C40H48ClN3O4/c1-26-27(6-3-7-28(26)22-38-42-18-5-19-43-38)10-15-36(45)33-13-9-31(33)23-44-24-40(17-4-8-29-20-32(41)12-14-34(29)40)25-48-37-16-11-30(21-35(37)44)39(46)47-2/h5,10-12,14-16,18-21,26-28,31,33,36,45H,3-4,6-9,13,17,22-25H2,1-2H3/b15-10+/t26-,27-,28-,31-,33+,36-,40-/m0/s1. The first kappa shape index (κ1) is 33.1. The molecule has 0 radical (unpaired) electrons. The van der Waals surface area contributed by atoms with Gasteiger partial charge in [-0.05, 0) is 122 Å². The zero-order chi connectivity index (χ0) is 33.3. The number of carbonyl (C=O) groups excluding carboxylic acids is 1. The van der Waals surface area contributed by atoms with Crippen LogP contribution in [0.3, 0.4) is 0 Å². The highest BCUT2D eigenvalue weighted by molar-refractivity contribution is 6.30. The fourth-order valence-corrected chi connectivity index (χ4v) is 9.23. The van der Waals surface area contributed by atoms with Gasteiger partial charge in [0.15, 0.2) is 0 Å². The second-order valence-electron chi connectivity index (χ2n) is 14.7. The normalized spacial score (nSPS) is 28.9. The molecule has 3 aromatic rings. The van der Waals surface area contributed by atoms with Crippen molar-refractivity contribution < 1.29 is 19.4 Å². The summed E-state index contributed by atoms with van der Waals surface area (Å²) in [5.74, 6) is 3.41. The monoisotopic (exact) mass is 669 g/mol. The van der Waals surface area contributed by atoms with Crippen molar-refractivity contribution in [3.8, 4) is 5.75 Å². The Morgan fingerprint density at radius 2 is 1.98 bits per heavy atom. The Bertz CT molecular complexity index is 1630. The van der Waals surface area contributed by atoms with Crippen LogP contribution in [-0.4, -0.2) is 54.0 Å². The first-order valence-electron chi connectivity index (χ1n) is 17.8. The number of hydrogen-bond acceptors (Lipinski definition) is 7. The van der Waals surface area contributed by atoms with Crippen LogP contribution in [0.2, 0.25) is 5.02 Å². The lowest BCUT2D eigenvalue weighted by atomic mass is 9.68. The predicted octanol–water partition coefficient (Wildman–Crippen LogP) is 7.63. The summed E-state index contributed by atoms with van der Waals surface area (Å²) in [6.07, 6.45) is 17.2. The van der Waals surface area contributed by atoms with E-state index in [-0.39, 0.29) is 17.3 Å². The van der Waals surface area contributed by atoms with E-state index in [1.165, 1.54) is 31.1 Å². The van der Waals surface area contributed by atoms with Gasteiger partial charge in [-0.3, -0.25) is 0 Å². The number of hydrogen-bond donors (Lipinski definition) is 1. The number of nitrogens with zero attached hydrogens (tertiary/aromatic N) is 3. The van der Waals surface area contributed by atoms with Crippen LogP contribution in [0, 0.1) is 29.6 Å². The first-order chi connectivity index (χ1) is 23.3. The molecule has 7 nitrogen and oxygen atoms in total. The van der Waals surface area contributed by atoms with Gasteiger partial charge in [-0.1, -0.05) is 43.2 Å². The Kier molecular flexibility index (Phi) is 9.79. The number of benzene rings is 2. The van der Waals surface area contributed by atoms with Crippen LogP contribution in [-0.2, 0) is 23.0 Å². The van der Waals surface area contributed by atoms with Crippen LogP contribution in [0.5, 0.6) is 5.75 Å². The number of fused-ring (bicyclic) bond motifs is 3. The van der Waals surface area contributed by atoms with Crippen molar-refractivity contribution >= 4 is 23.3 Å². The van der Waals surface area contributed by atoms with E-state index in [0.717, 1.165) is 80.3 Å². The molecule has 2 saturated carbocycles. The molecule has 8 heteroatoms. The Hall–Kier alpha value is -3.42. The number of rotatable bonds is 8. The van der Waals surface area contributed by atoms with Gasteiger partial charge in [-0.25, -0.2) is 14.8 Å². The average Bonchev–Trinajstić information content (AvgIpc) is 3.23. The lowest BCUT2D eigenvalue weighted by Gasteiger charge is -2.45. The topological polar surface area (TPSA) is 84.8 Å². The van der Waals surface area contributed by atoms with Gasteiger partial charge in [0.1, 0.15) is 11.6 Å². The molecule has 2 heterocycles. The van der Waals surface area contributed by atoms with Crippen molar-refractivity contribution in [1.82, 2.24) is 9.97 Å². The van der Waals surface area contributed by atoms with Crippen LogP contribution >= 0.6 is 11.6 Å². The number of carbonyl (C=O) groups is 1. The lowest BCUT2D eigenvalue weighted by molar-refractivity contribution is 0.0450. The quantitative estimate of drug-likeness (QED) is 0.195. The number of aliphatic hydroxyl groups is 1. The fourth-order valence-electron chi connectivity index (χ4n) is 9.03. The Labute approximate surface area is 289 Å². The molecular formula is C40H48ClN3O4. The second kappa shape index (κ2) is 14.2. The molecule has 0 amide bonds. The molecule has 0 bridgehead atoms. The number of aliphatic hydroxyl groups excluding tert-OH is 1. The highest BCUT2D eigenvalue weighted by Crippen LogP contribution is 2.47. The van der Waals surface area contributed by atoms with E-state index >= 15 is 0 Å². The van der Waals surface area contributed by atoms with Gasteiger partial charge in [0.05, 0.1) is 31.1 Å². The third-order valence-corrected chi connectivity index (χ3v) is 12.2. The van der Waals surface area contributed by atoms with Gasteiger partial charge in [0, 0.05) is 42.3 Å². The Morgan fingerprint density at radius 1 is 1.12 bits per heavy atom. The Balaban J connectivity index is 1.10. The maximum absolute atomic E-state index is 12.6. The number of aromatic nitrogens is 2. The van der Waals surface area contributed by atoms with Crippen molar-refractivity contribution in [3.05, 3.63) is 94.5 Å². The molecule has 1 aliphatic heterocycles. The number of methoxy groups -OCH3 is 1. The third-order valence-electron chi connectivity index (χ3n) is 12.0. The molecule has 7 rings (SSSR count).